The molecule has 0 aliphatic carbocycles. The topological polar surface area (TPSA) is 133 Å². The van der Waals surface area contributed by atoms with Crippen molar-refractivity contribution in [3.05, 3.63) is 35.4 Å². The number of aromatic nitrogens is 2. The van der Waals surface area contributed by atoms with Gasteiger partial charge in [-0.25, -0.2) is 9.78 Å². The van der Waals surface area contributed by atoms with Gasteiger partial charge in [-0.1, -0.05) is 0 Å². The van der Waals surface area contributed by atoms with Crippen LogP contribution in [0, 0.1) is 0 Å². The lowest BCUT2D eigenvalue weighted by atomic mass is 9.98. The lowest BCUT2D eigenvalue weighted by Gasteiger charge is -2.32. The summed E-state index contributed by atoms with van der Waals surface area (Å²) in [6.07, 6.45) is -0.282. The molecule has 3 aliphatic rings. The van der Waals surface area contributed by atoms with E-state index in [9.17, 15) is 15.0 Å². The minimum Gasteiger partial charge on any atom is -0.493 e. The maximum atomic E-state index is 13.2. The monoisotopic (exact) mass is 608 g/mol. The first-order valence-electron chi connectivity index (χ1n) is 14.9. The van der Waals surface area contributed by atoms with Gasteiger partial charge in [0.15, 0.2) is 23.0 Å². The molecule has 4 heterocycles. The SMILES string of the molecule is COc1cc2c(cc1OC)CN(c1nc(N3CCCN(C(=O)N4CC(O)C(O)C4)CC3)nc3cc(OC)c(OC)cc13)CC2. The van der Waals surface area contributed by atoms with Crippen molar-refractivity contribution >= 4 is 28.7 Å². The second-order valence-electron chi connectivity index (χ2n) is 11.4. The van der Waals surface area contributed by atoms with E-state index >= 15 is 0 Å². The van der Waals surface area contributed by atoms with Crippen molar-refractivity contribution in [2.75, 3.05) is 84.1 Å². The Labute approximate surface area is 256 Å². The van der Waals surface area contributed by atoms with Crippen LogP contribution in [0.3, 0.4) is 0 Å². The number of hydrogen-bond donors (Lipinski definition) is 2. The van der Waals surface area contributed by atoms with Crippen LogP contribution in [-0.4, -0.2) is 122 Å². The zero-order valence-electron chi connectivity index (χ0n) is 25.7. The van der Waals surface area contributed by atoms with Crippen molar-refractivity contribution in [1.29, 1.82) is 0 Å². The number of hydrogen-bond acceptors (Lipinski definition) is 11. The molecule has 6 rings (SSSR count). The van der Waals surface area contributed by atoms with Crippen molar-refractivity contribution < 1.29 is 34.0 Å². The number of ether oxygens (including phenoxy) is 4. The number of rotatable bonds is 6. The highest BCUT2D eigenvalue weighted by Gasteiger charge is 2.35. The van der Waals surface area contributed by atoms with Crippen LogP contribution >= 0.6 is 0 Å². The van der Waals surface area contributed by atoms with Crippen molar-refractivity contribution in [1.82, 2.24) is 19.8 Å². The molecule has 2 unspecified atom stereocenters. The molecule has 2 amide bonds. The van der Waals surface area contributed by atoms with E-state index in [1.54, 1.807) is 33.3 Å². The predicted molar refractivity (Wildman–Crippen MR) is 164 cm³/mol. The van der Waals surface area contributed by atoms with Gasteiger partial charge in [0.2, 0.25) is 5.95 Å². The summed E-state index contributed by atoms with van der Waals surface area (Å²) in [6, 6.07) is 7.73. The number of urea groups is 1. The van der Waals surface area contributed by atoms with Crippen molar-refractivity contribution in [3.8, 4) is 23.0 Å². The third-order valence-electron chi connectivity index (χ3n) is 8.77. The fourth-order valence-corrected chi connectivity index (χ4v) is 6.31. The Morgan fingerprint density at radius 1 is 0.727 bits per heavy atom. The second-order valence-corrected chi connectivity index (χ2v) is 11.4. The van der Waals surface area contributed by atoms with Crippen molar-refractivity contribution in [3.63, 3.8) is 0 Å². The largest absolute Gasteiger partial charge is 0.493 e. The number of aliphatic hydroxyl groups excluding tert-OH is 2. The quantitative estimate of drug-likeness (QED) is 0.425. The maximum Gasteiger partial charge on any atom is 0.320 e. The number of benzene rings is 2. The van der Waals surface area contributed by atoms with E-state index in [0.29, 0.717) is 55.9 Å². The Bertz CT molecular complexity index is 1530. The first kappa shape index (κ1) is 29.8. The Hall–Kier alpha value is -4.23. The van der Waals surface area contributed by atoms with Gasteiger partial charge in [0.05, 0.1) is 59.3 Å². The van der Waals surface area contributed by atoms with Crippen LogP contribution in [0.4, 0.5) is 16.6 Å². The summed E-state index contributed by atoms with van der Waals surface area (Å²) in [5.74, 6) is 3.97. The normalized spacial score (nSPS) is 20.4. The number of β-amino-alcohol motifs (C(OH)–C–C–N with tert-alkyl or cyclic N) is 2. The number of aliphatic hydroxyl groups is 2. The van der Waals surface area contributed by atoms with Crippen LogP contribution < -0.4 is 28.7 Å². The minimum atomic E-state index is -0.910. The summed E-state index contributed by atoms with van der Waals surface area (Å²) in [5, 5.41) is 20.7. The van der Waals surface area contributed by atoms with E-state index < -0.39 is 12.2 Å². The number of carbonyl (C=O) groups is 1. The number of nitrogens with zero attached hydrogens (tertiary/aromatic N) is 6. The molecule has 44 heavy (non-hydrogen) atoms. The zero-order chi connectivity index (χ0) is 31.0. The molecule has 1 aromatic heterocycles. The Morgan fingerprint density at radius 2 is 1.36 bits per heavy atom. The van der Waals surface area contributed by atoms with Gasteiger partial charge >= 0.3 is 6.03 Å². The van der Waals surface area contributed by atoms with Crippen molar-refractivity contribution in [2.24, 2.45) is 0 Å². The highest BCUT2D eigenvalue weighted by Crippen LogP contribution is 2.39. The second kappa shape index (κ2) is 12.4. The first-order valence-corrected chi connectivity index (χ1v) is 14.9. The average Bonchev–Trinajstić information content (AvgIpc) is 3.23. The number of anilines is 2. The van der Waals surface area contributed by atoms with Gasteiger partial charge in [0.25, 0.3) is 0 Å². The van der Waals surface area contributed by atoms with E-state index in [-0.39, 0.29) is 19.1 Å². The average molecular weight is 609 g/mol. The molecule has 2 aromatic carbocycles. The summed E-state index contributed by atoms with van der Waals surface area (Å²) in [6.45, 7) is 3.92. The summed E-state index contributed by atoms with van der Waals surface area (Å²) in [5.41, 5.74) is 3.09. The molecule has 13 heteroatoms. The molecule has 236 valence electrons. The van der Waals surface area contributed by atoms with Crippen LogP contribution in [0.2, 0.25) is 0 Å². The molecule has 2 N–H and O–H groups in total. The third kappa shape index (κ3) is 5.57. The van der Waals surface area contributed by atoms with E-state index in [4.69, 9.17) is 28.9 Å². The van der Waals surface area contributed by atoms with E-state index in [2.05, 4.69) is 15.9 Å². The lowest BCUT2D eigenvalue weighted by Crippen LogP contribution is -2.44. The summed E-state index contributed by atoms with van der Waals surface area (Å²) in [7, 11) is 6.51. The van der Waals surface area contributed by atoms with Crippen LogP contribution in [0.5, 0.6) is 23.0 Å². The Kier molecular flexibility index (Phi) is 8.41. The van der Waals surface area contributed by atoms with Gasteiger partial charge in [-0.2, -0.15) is 4.98 Å². The highest BCUT2D eigenvalue weighted by atomic mass is 16.5. The molecule has 2 fully saturated rings. The summed E-state index contributed by atoms with van der Waals surface area (Å²) in [4.78, 5) is 31.0. The fourth-order valence-electron chi connectivity index (χ4n) is 6.31. The molecule has 3 aliphatic heterocycles. The van der Waals surface area contributed by atoms with Gasteiger partial charge in [-0.15, -0.1) is 0 Å². The highest BCUT2D eigenvalue weighted by molar-refractivity contribution is 5.93. The third-order valence-corrected chi connectivity index (χ3v) is 8.77. The number of carbonyl (C=O) groups excluding carboxylic acids is 1. The van der Waals surface area contributed by atoms with E-state index in [0.717, 1.165) is 47.4 Å². The maximum absolute atomic E-state index is 13.2. The zero-order valence-corrected chi connectivity index (χ0v) is 25.7. The molecule has 0 spiro atoms. The molecular weight excluding hydrogens is 568 g/mol. The van der Waals surface area contributed by atoms with E-state index in [1.165, 1.54) is 10.5 Å². The molecule has 0 radical (unpaired) electrons. The number of likely N-dealkylation sites (tertiary alicyclic amines) is 1. The lowest BCUT2D eigenvalue weighted by molar-refractivity contribution is 0.0572. The molecule has 0 bridgehead atoms. The Balaban J connectivity index is 1.32. The number of amides is 2. The van der Waals surface area contributed by atoms with Crippen LogP contribution in [0.25, 0.3) is 10.9 Å². The van der Waals surface area contributed by atoms with Gasteiger partial charge in [0.1, 0.15) is 5.82 Å². The molecular formula is C31H40N6O7. The molecule has 13 nitrogen and oxygen atoms in total. The van der Waals surface area contributed by atoms with Gasteiger partial charge in [0, 0.05) is 50.7 Å². The molecule has 0 saturated carbocycles. The summed E-state index contributed by atoms with van der Waals surface area (Å²) >= 11 is 0. The fraction of sp³-hybridized carbons (Fsp3) is 0.516. The minimum absolute atomic E-state index is 0.139. The van der Waals surface area contributed by atoms with E-state index in [1.807, 2.05) is 18.2 Å². The number of fused-ring (bicyclic) bond motifs is 2. The van der Waals surface area contributed by atoms with Gasteiger partial charge in [-0.3, -0.25) is 0 Å². The summed E-state index contributed by atoms with van der Waals surface area (Å²) < 4.78 is 22.4. The standard InChI is InChI=1S/C31H40N6O7/c1-41-25-12-19-6-9-36(16-20(19)13-26(25)42-2)29-21-14-27(43-3)28(44-4)15-22(21)32-30(33-29)34-7-5-8-35(11-10-34)31(40)37-17-23(38)24(39)18-37/h12-15,23-24,38-39H,5-11,16-18H2,1-4H3. The van der Waals surface area contributed by atoms with Crippen LogP contribution in [-0.2, 0) is 13.0 Å². The van der Waals surface area contributed by atoms with Crippen molar-refractivity contribution in [2.45, 2.75) is 31.6 Å². The molecule has 2 saturated heterocycles. The molecule has 3 aromatic rings. The van der Waals surface area contributed by atoms with Gasteiger partial charge in [-0.05, 0) is 42.2 Å². The smallest absolute Gasteiger partial charge is 0.320 e. The Morgan fingerprint density at radius 3 is 2.05 bits per heavy atom. The van der Waals surface area contributed by atoms with Crippen LogP contribution in [0.1, 0.15) is 17.5 Å². The van der Waals surface area contributed by atoms with Gasteiger partial charge < -0.3 is 48.8 Å². The number of methoxy groups -OCH3 is 4. The molecule has 2 atom stereocenters. The predicted octanol–water partition coefficient (Wildman–Crippen LogP) is 1.90. The van der Waals surface area contributed by atoms with Crippen LogP contribution in [0.15, 0.2) is 24.3 Å². The first-order chi connectivity index (χ1) is 21.3.